The van der Waals surface area contributed by atoms with E-state index in [0.29, 0.717) is 17.9 Å². The Morgan fingerprint density at radius 2 is 1.75 bits per heavy atom. The molecular weight excluding hydrogens is 354 g/mol. The van der Waals surface area contributed by atoms with Crippen LogP contribution in [0.15, 0.2) is 41.4 Å². The van der Waals surface area contributed by atoms with E-state index in [2.05, 4.69) is 22.3 Å². The van der Waals surface area contributed by atoms with Crippen LogP contribution >= 0.6 is 0 Å². The van der Waals surface area contributed by atoms with Crippen LogP contribution < -0.4 is 14.8 Å². The molecule has 2 aromatic rings. The predicted molar refractivity (Wildman–Crippen MR) is 112 cm³/mol. The summed E-state index contributed by atoms with van der Waals surface area (Å²) in [7, 11) is 7.26. The molecule has 148 valence electrons. The van der Waals surface area contributed by atoms with Crippen molar-refractivity contribution < 1.29 is 14.3 Å². The molecule has 6 nitrogen and oxygen atoms in total. The lowest BCUT2D eigenvalue weighted by atomic mass is 9.93. The molecule has 6 heteroatoms. The van der Waals surface area contributed by atoms with Gasteiger partial charge >= 0.3 is 0 Å². The van der Waals surface area contributed by atoms with E-state index in [1.807, 2.05) is 39.2 Å². The minimum absolute atomic E-state index is 0.0739. The minimum Gasteiger partial charge on any atom is -0.493 e. The summed E-state index contributed by atoms with van der Waals surface area (Å²) in [6.07, 6.45) is 0.672. The zero-order chi connectivity index (χ0) is 20.3. The van der Waals surface area contributed by atoms with E-state index >= 15 is 0 Å². The van der Waals surface area contributed by atoms with E-state index in [9.17, 15) is 4.79 Å². The van der Waals surface area contributed by atoms with Crippen molar-refractivity contribution >= 4 is 23.0 Å². The molecule has 1 unspecified atom stereocenters. The first-order valence-electron chi connectivity index (χ1n) is 9.34. The lowest BCUT2D eigenvalue weighted by Crippen LogP contribution is -2.20. The second kappa shape index (κ2) is 8.44. The van der Waals surface area contributed by atoms with Gasteiger partial charge in [0.15, 0.2) is 11.5 Å². The number of amides is 1. The number of nitrogens with zero attached hydrogens (tertiary/aromatic N) is 2. The average Bonchev–Trinajstić information content (AvgIpc) is 3.00. The van der Waals surface area contributed by atoms with Gasteiger partial charge in [0, 0.05) is 24.0 Å². The van der Waals surface area contributed by atoms with Crippen molar-refractivity contribution in [1.29, 1.82) is 0 Å². The van der Waals surface area contributed by atoms with Crippen LogP contribution in [0.1, 0.15) is 30.4 Å². The molecule has 2 aromatic carbocycles. The van der Waals surface area contributed by atoms with Gasteiger partial charge in [0.05, 0.1) is 19.9 Å². The lowest BCUT2D eigenvalue weighted by Gasteiger charge is -2.14. The molecule has 0 aliphatic carbocycles. The fourth-order valence-electron chi connectivity index (χ4n) is 3.47. The summed E-state index contributed by atoms with van der Waals surface area (Å²) in [5, 5.41) is 2.94. The Balaban J connectivity index is 1.95. The Bertz CT molecular complexity index is 889. The number of hydrogen-bond donors (Lipinski definition) is 1. The van der Waals surface area contributed by atoms with Crippen molar-refractivity contribution in [3.8, 4) is 11.5 Å². The maximum Gasteiger partial charge on any atom is 0.237 e. The van der Waals surface area contributed by atoms with Gasteiger partial charge in [-0.2, -0.15) is 0 Å². The summed E-state index contributed by atoms with van der Waals surface area (Å²) in [5.41, 5.74) is 4.51. The number of carbonyl (C=O) groups is 1. The van der Waals surface area contributed by atoms with E-state index in [-0.39, 0.29) is 5.91 Å². The molecule has 0 radical (unpaired) electrons. The van der Waals surface area contributed by atoms with Crippen LogP contribution in [0.4, 0.5) is 11.4 Å². The van der Waals surface area contributed by atoms with E-state index in [0.717, 1.165) is 29.2 Å². The second-order valence-corrected chi connectivity index (χ2v) is 7.08. The highest BCUT2D eigenvalue weighted by Gasteiger charge is 2.35. The van der Waals surface area contributed by atoms with Gasteiger partial charge in [-0.25, -0.2) is 0 Å². The molecule has 0 bridgehead atoms. The van der Waals surface area contributed by atoms with Gasteiger partial charge < -0.3 is 19.7 Å². The third kappa shape index (κ3) is 4.02. The van der Waals surface area contributed by atoms with Gasteiger partial charge in [-0.3, -0.25) is 9.79 Å². The molecule has 1 heterocycles. The smallest absolute Gasteiger partial charge is 0.237 e. The fraction of sp³-hybridized carbons (Fsp3) is 0.364. The number of fused-ring (bicyclic) bond motifs is 1. The molecule has 0 saturated carbocycles. The van der Waals surface area contributed by atoms with Crippen LogP contribution in [-0.2, 0) is 11.3 Å². The van der Waals surface area contributed by atoms with Gasteiger partial charge in [0.1, 0.15) is 5.92 Å². The Hall–Kier alpha value is -2.86. The average molecular weight is 381 g/mol. The SMILES string of the molecule is CCC(=Nc1ccc(CN(C)C)cc1)C1C(=O)Nc2cc(OC)c(OC)cc21. The zero-order valence-electron chi connectivity index (χ0n) is 17.1. The summed E-state index contributed by atoms with van der Waals surface area (Å²) >= 11 is 0. The molecule has 1 N–H and O–H groups in total. The van der Waals surface area contributed by atoms with Crippen LogP contribution in [0.25, 0.3) is 0 Å². The second-order valence-electron chi connectivity index (χ2n) is 7.08. The van der Waals surface area contributed by atoms with Gasteiger partial charge in [-0.05, 0) is 49.8 Å². The molecule has 1 aliphatic rings. The van der Waals surface area contributed by atoms with Crippen molar-refractivity contribution in [3.05, 3.63) is 47.5 Å². The first-order chi connectivity index (χ1) is 13.5. The van der Waals surface area contributed by atoms with E-state index in [4.69, 9.17) is 14.5 Å². The number of rotatable bonds is 7. The van der Waals surface area contributed by atoms with Gasteiger partial charge in [-0.1, -0.05) is 19.1 Å². The Morgan fingerprint density at radius 1 is 1.11 bits per heavy atom. The third-order valence-corrected chi connectivity index (χ3v) is 4.79. The minimum atomic E-state index is -0.429. The van der Waals surface area contributed by atoms with E-state index < -0.39 is 5.92 Å². The molecule has 0 aromatic heterocycles. The van der Waals surface area contributed by atoms with Crippen LogP contribution in [0, 0.1) is 0 Å². The number of aliphatic imine (C=N–C) groups is 1. The number of anilines is 1. The van der Waals surface area contributed by atoms with Crippen molar-refractivity contribution in [1.82, 2.24) is 4.90 Å². The van der Waals surface area contributed by atoms with Crippen molar-refractivity contribution in [2.24, 2.45) is 4.99 Å². The van der Waals surface area contributed by atoms with Crippen LogP contribution in [0.2, 0.25) is 0 Å². The molecule has 1 atom stereocenters. The normalized spacial score (nSPS) is 16.1. The summed E-state index contributed by atoms with van der Waals surface area (Å²) in [6, 6.07) is 11.8. The monoisotopic (exact) mass is 381 g/mol. The highest BCUT2D eigenvalue weighted by Crippen LogP contribution is 2.42. The number of benzene rings is 2. The molecule has 0 fully saturated rings. The molecule has 1 amide bonds. The quantitative estimate of drug-likeness (QED) is 0.737. The Labute approximate surface area is 166 Å². The predicted octanol–water partition coefficient (Wildman–Crippen LogP) is 3.98. The van der Waals surface area contributed by atoms with E-state index in [1.54, 1.807) is 20.3 Å². The number of ether oxygens (including phenoxy) is 2. The summed E-state index contributed by atoms with van der Waals surface area (Å²) in [4.78, 5) is 19.6. The number of carbonyl (C=O) groups excluding carboxylic acids is 1. The molecule has 0 saturated heterocycles. The molecular formula is C22H27N3O3. The van der Waals surface area contributed by atoms with Crippen LogP contribution in [0.5, 0.6) is 11.5 Å². The third-order valence-electron chi connectivity index (χ3n) is 4.79. The maximum absolute atomic E-state index is 12.7. The van der Waals surface area contributed by atoms with Crippen molar-refractivity contribution in [2.75, 3.05) is 33.6 Å². The lowest BCUT2D eigenvalue weighted by molar-refractivity contribution is -0.115. The first-order valence-corrected chi connectivity index (χ1v) is 9.34. The standard InChI is InChI=1S/C22H27N3O3/c1-6-17(23-15-9-7-14(8-10-15)13-25(2)3)21-16-11-19(27-4)20(28-5)12-18(16)24-22(21)26/h7-12,21H,6,13H2,1-5H3,(H,24,26). The highest BCUT2D eigenvalue weighted by atomic mass is 16.5. The maximum atomic E-state index is 12.7. The number of nitrogens with one attached hydrogen (secondary N) is 1. The first kappa shape index (κ1) is 19.9. The van der Waals surface area contributed by atoms with Gasteiger partial charge in [0.2, 0.25) is 5.91 Å². The Kier molecular flexibility index (Phi) is 5.99. The van der Waals surface area contributed by atoms with Crippen molar-refractivity contribution in [3.63, 3.8) is 0 Å². The summed E-state index contributed by atoms with van der Waals surface area (Å²) in [5.74, 6) is 0.691. The fourth-order valence-corrected chi connectivity index (χ4v) is 3.47. The molecule has 0 spiro atoms. The van der Waals surface area contributed by atoms with Crippen LogP contribution in [0.3, 0.4) is 0 Å². The topological polar surface area (TPSA) is 63.2 Å². The van der Waals surface area contributed by atoms with E-state index in [1.165, 1.54) is 5.56 Å². The van der Waals surface area contributed by atoms with Crippen LogP contribution in [-0.4, -0.2) is 44.8 Å². The molecule has 1 aliphatic heterocycles. The van der Waals surface area contributed by atoms with Gasteiger partial charge in [-0.15, -0.1) is 0 Å². The molecule has 28 heavy (non-hydrogen) atoms. The summed E-state index contributed by atoms with van der Waals surface area (Å²) in [6.45, 7) is 2.90. The molecule has 3 rings (SSSR count). The number of methoxy groups -OCH3 is 2. The van der Waals surface area contributed by atoms with Gasteiger partial charge in [0.25, 0.3) is 0 Å². The zero-order valence-corrected chi connectivity index (χ0v) is 17.1. The summed E-state index contributed by atoms with van der Waals surface area (Å²) < 4.78 is 10.8. The number of hydrogen-bond acceptors (Lipinski definition) is 5. The highest BCUT2D eigenvalue weighted by molar-refractivity contribution is 6.19. The largest absolute Gasteiger partial charge is 0.493 e. The van der Waals surface area contributed by atoms with Crippen molar-refractivity contribution in [2.45, 2.75) is 25.8 Å². The Morgan fingerprint density at radius 3 is 2.32 bits per heavy atom.